The topological polar surface area (TPSA) is 46.2 Å². The average molecular weight is 324 g/mol. The van der Waals surface area contributed by atoms with Gasteiger partial charge in [-0.3, -0.25) is 9.59 Å². The fourth-order valence-corrected chi connectivity index (χ4v) is 3.01. The number of anilines is 1. The molecule has 0 unspecified atom stereocenters. The second kappa shape index (κ2) is 5.46. The van der Waals surface area contributed by atoms with Crippen LogP contribution in [0, 0.1) is 0 Å². The van der Waals surface area contributed by atoms with E-state index < -0.39 is 0 Å². The molecule has 0 saturated carbocycles. The predicted octanol–water partition coefficient (Wildman–Crippen LogP) is 3.70. The molecule has 0 fully saturated rings. The van der Waals surface area contributed by atoms with E-state index in [0.29, 0.717) is 16.1 Å². The van der Waals surface area contributed by atoms with Crippen molar-refractivity contribution in [3.8, 4) is 0 Å². The number of halogens is 1. The molecule has 2 rings (SSSR count). The number of thiophene rings is 1. The highest BCUT2D eigenvalue weighted by Gasteiger charge is 2.13. The van der Waals surface area contributed by atoms with Crippen LogP contribution in [0.25, 0.3) is 0 Å². The van der Waals surface area contributed by atoms with Crippen molar-refractivity contribution in [2.45, 2.75) is 6.92 Å². The minimum Gasteiger partial charge on any atom is -0.326 e. The van der Waals surface area contributed by atoms with Gasteiger partial charge in [0.05, 0.1) is 4.88 Å². The molecular weight excluding hydrogens is 314 g/mol. The van der Waals surface area contributed by atoms with Gasteiger partial charge in [-0.15, -0.1) is 11.3 Å². The van der Waals surface area contributed by atoms with Crippen LogP contribution in [0.3, 0.4) is 0 Å². The summed E-state index contributed by atoms with van der Waals surface area (Å²) in [5, 5.41) is 4.52. The highest BCUT2D eigenvalue weighted by atomic mass is 79.9. The van der Waals surface area contributed by atoms with Gasteiger partial charge in [-0.25, -0.2) is 0 Å². The first-order valence-electron chi connectivity index (χ1n) is 5.23. The third-order valence-corrected chi connectivity index (χ3v) is 4.13. The van der Waals surface area contributed by atoms with Crippen LogP contribution < -0.4 is 5.32 Å². The van der Waals surface area contributed by atoms with Crippen molar-refractivity contribution in [2.75, 3.05) is 5.32 Å². The molecule has 0 saturated heterocycles. The zero-order valence-electron chi connectivity index (χ0n) is 9.57. The number of amides is 1. The van der Waals surface area contributed by atoms with E-state index in [1.165, 1.54) is 18.3 Å². The van der Waals surface area contributed by atoms with Gasteiger partial charge in [-0.05, 0) is 51.6 Å². The summed E-state index contributed by atoms with van der Waals surface area (Å²) in [5.41, 5.74) is 1.29. The van der Waals surface area contributed by atoms with Crippen molar-refractivity contribution in [1.29, 1.82) is 0 Å². The van der Waals surface area contributed by atoms with E-state index in [1.807, 2.05) is 11.4 Å². The molecule has 3 nitrogen and oxygen atoms in total. The summed E-state index contributed by atoms with van der Waals surface area (Å²) < 4.78 is 0.809. The fourth-order valence-electron chi connectivity index (χ4n) is 1.50. The maximum atomic E-state index is 12.2. The number of benzene rings is 1. The van der Waals surface area contributed by atoms with Crippen LogP contribution in [0.1, 0.15) is 22.2 Å². The lowest BCUT2D eigenvalue weighted by atomic mass is 10.1. The monoisotopic (exact) mass is 323 g/mol. The van der Waals surface area contributed by atoms with Crippen molar-refractivity contribution in [1.82, 2.24) is 0 Å². The summed E-state index contributed by atoms with van der Waals surface area (Å²) in [5.74, 6) is -0.152. The van der Waals surface area contributed by atoms with E-state index in [-0.39, 0.29) is 11.7 Å². The van der Waals surface area contributed by atoms with Crippen LogP contribution in [0.4, 0.5) is 5.69 Å². The van der Waals surface area contributed by atoms with Crippen molar-refractivity contribution in [3.05, 3.63) is 50.6 Å². The Kier molecular flexibility index (Phi) is 3.93. The van der Waals surface area contributed by atoms with Gasteiger partial charge in [0.15, 0.2) is 0 Å². The van der Waals surface area contributed by atoms with Crippen LogP contribution in [0.2, 0.25) is 0 Å². The third kappa shape index (κ3) is 2.86. The maximum Gasteiger partial charge on any atom is 0.221 e. The summed E-state index contributed by atoms with van der Waals surface area (Å²) in [7, 11) is 0. The van der Waals surface area contributed by atoms with Gasteiger partial charge in [0, 0.05) is 22.6 Å². The molecule has 5 heteroatoms. The first-order valence-corrected chi connectivity index (χ1v) is 6.90. The first-order chi connectivity index (χ1) is 8.58. The van der Waals surface area contributed by atoms with Gasteiger partial charge < -0.3 is 5.32 Å². The molecule has 92 valence electrons. The van der Waals surface area contributed by atoms with Crippen molar-refractivity contribution in [3.63, 3.8) is 0 Å². The summed E-state index contributed by atoms with van der Waals surface area (Å²) in [6.45, 7) is 1.45. The van der Waals surface area contributed by atoms with Gasteiger partial charge in [-0.1, -0.05) is 0 Å². The Morgan fingerprint density at radius 1 is 1.17 bits per heavy atom. The van der Waals surface area contributed by atoms with Gasteiger partial charge in [-0.2, -0.15) is 0 Å². The van der Waals surface area contributed by atoms with E-state index in [9.17, 15) is 9.59 Å². The summed E-state index contributed by atoms with van der Waals surface area (Å²) >= 11 is 4.75. The molecule has 0 aliphatic rings. The SMILES string of the molecule is CC(=O)Nc1ccc(C(=O)c2sccc2Br)cc1. The van der Waals surface area contributed by atoms with Crippen molar-refractivity contribution >= 4 is 44.6 Å². The number of carbonyl (C=O) groups is 2. The van der Waals surface area contributed by atoms with E-state index in [2.05, 4.69) is 21.2 Å². The normalized spacial score (nSPS) is 10.1. The Bertz CT molecular complexity index is 589. The maximum absolute atomic E-state index is 12.2. The number of hydrogen-bond donors (Lipinski definition) is 1. The molecule has 0 spiro atoms. The molecule has 2 aromatic rings. The Balaban J connectivity index is 2.22. The summed E-state index contributed by atoms with van der Waals surface area (Å²) in [6.07, 6.45) is 0. The van der Waals surface area contributed by atoms with E-state index >= 15 is 0 Å². The molecule has 1 aromatic heterocycles. The molecule has 18 heavy (non-hydrogen) atoms. The van der Waals surface area contributed by atoms with Crippen molar-refractivity contribution in [2.24, 2.45) is 0 Å². The van der Waals surface area contributed by atoms with Crippen LogP contribution in [0.15, 0.2) is 40.2 Å². The molecule has 1 amide bonds. The number of rotatable bonds is 3. The third-order valence-electron chi connectivity index (χ3n) is 2.29. The second-order valence-electron chi connectivity index (χ2n) is 3.69. The Morgan fingerprint density at radius 2 is 1.83 bits per heavy atom. The lowest BCUT2D eigenvalue weighted by Gasteiger charge is -2.03. The quantitative estimate of drug-likeness (QED) is 0.875. The van der Waals surface area contributed by atoms with Gasteiger partial charge in [0.25, 0.3) is 0 Å². The van der Waals surface area contributed by atoms with Crippen LogP contribution in [-0.4, -0.2) is 11.7 Å². The molecule has 0 aliphatic heterocycles. The van der Waals surface area contributed by atoms with Gasteiger partial charge >= 0.3 is 0 Å². The zero-order chi connectivity index (χ0) is 13.1. The Hall–Kier alpha value is -1.46. The average Bonchev–Trinajstić information content (AvgIpc) is 2.75. The van der Waals surface area contributed by atoms with Crippen LogP contribution in [0.5, 0.6) is 0 Å². The van der Waals surface area contributed by atoms with E-state index in [1.54, 1.807) is 24.3 Å². The van der Waals surface area contributed by atoms with Crippen molar-refractivity contribution < 1.29 is 9.59 Å². The minimum absolute atomic E-state index is 0.0220. The Morgan fingerprint density at radius 3 is 2.33 bits per heavy atom. The molecule has 0 atom stereocenters. The van der Waals surface area contributed by atoms with Gasteiger partial charge in [0.2, 0.25) is 11.7 Å². The van der Waals surface area contributed by atoms with Crippen LogP contribution in [-0.2, 0) is 4.79 Å². The van der Waals surface area contributed by atoms with Gasteiger partial charge in [0.1, 0.15) is 0 Å². The minimum atomic E-state index is -0.130. The number of ketones is 1. The molecule has 1 aromatic carbocycles. The van der Waals surface area contributed by atoms with Crippen LogP contribution >= 0.6 is 27.3 Å². The highest BCUT2D eigenvalue weighted by molar-refractivity contribution is 9.10. The lowest BCUT2D eigenvalue weighted by Crippen LogP contribution is -2.06. The second-order valence-corrected chi connectivity index (χ2v) is 5.46. The molecule has 1 N–H and O–H groups in total. The lowest BCUT2D eigenvalue weighted by molar-refractivity contribution is -0.114. The fraction of sp³-hybridized carbons (Fsp3) is 0.0769. The number of nitrogens with one attached hydrogen (secondary N) is 1. The largest absolute Gasteiger partial charge is 0.326 e. The summed E-state index contributed by atoms with van der Waals surface area (Å²) in [6, 6.07) is 8.70. The number of carbonyl (C=O) groups excluding carboxylic acids is 2. The summed E-state index contributed by atoms with van der Waals surface area (Å²) in [4.78, 5) is 23.7. The predicted molar refractivity (Wildman–Crippen MR) is 76.2 cm³/mol. The molecule has 0 bridgehead atoms. The smallest absolute Gasteiger partial charge is 0.221 e. The molecule has 0 aliphatic carbocycles. The molecule has 1 heterocycles. The first kappa shape index (κ1) is 13.0. The standard InChI is InChI=1S/C13H10BrNO2S/c1-8(16)15-10-4-2-9(3-5-10)12(17)13-11(14)6-7-18-13/h2-7H,1H3,(H,15,16). The molecule has 0 radical (unpaired) electrons. The van der Waals surface area contributed by atoms with E-state index in [0.717, 1.165) is 4.47 Å². The number of hydrogen-bond acceptors (Lipinski definition) is 3. The zero-order valence-corrected chi connectivity index (χ0v) is 12.0. The highest BCUT2D eigenvalue weighted by Crippen LogP contribution is 2.25. The molecular formula is C13H10BrNO2S. The van der Waals surface area contributed by atoms with E-state index in [4.69, 9.17) is 0 Å². The Labute approximate surface area is 117 Å².